The van der Waals surface area contributed by atoms with Crippen molar-refractivity contribution >= 4 is 15.7 Å². The number of sulfone groups is 1. The van der Waals surface area contributed by atoms with E-state index in [0.717, 1.165) is 19.3 Å². The fourth-order valence-corrected chi connectivity index (χ4v) is 7.91. The van der Waals surface area contributed by atoms with E-state index in [9.17, 15) is 13.7 Å². The van der Waals surface area contributed by atoms with E-state index < -0.39 is 20.2 Å². The minimum Gasteiger partial charge on any atom is -0.497 e. The molecular formula is C23H31N3O4S. The van der Waals surface area contributed by atoms with Crippen LogP contribution in [0.3, 0.4) is 0 Å². The molecule has 1 aromatic carbocycles. The summed E-state index contributed by atoms with van der Waals surface area (Å²) in [7, 11) is -1.57. The molecule has 4 saturated carbocycles. The standard InChI is InChI=1S/C23H31N3O4S/c1-22(2,30-19-7-5-18(29-3)6-8-19)21(25)26(14-24)20-16-9-15-10-17(20)13-23(11-15,12-16)31(4,27)28/h5-8,15-17,20,25H,9-13H2,1-4H3. The Morgan fingerprint density at radius 3 is 2.19 bits per heavy atom. The molecule has 4 aliphatic rings. The van der Waals surface area contributed by atoms with Crippen molar-refractivity contribution in [1.29, 1.82) is 10.7 Å². The van der Waals surface area contributed by atoms with Crippen LogP contribution in [0.5, 0.6) is 11.5 Å². The number of hydrogen-bond acceptors (Lipinski definition) is 6. The summed E-state index contributed by atoms with van der Waals surface area (Å²) < 4.78 is 35.9. The van der Waals surface area contributed by atoms with E-state index in [2.05, 4.69) is 6.19 Å². The Hall–Kier alpha value is -2.27. The zero-order valence-electron chi connectivity index (χ0n) is 18.6. The van der Waals surface area contributed by atoms with E-state index in [-0.39, 0.29) is 23.7 Å². The van der Waals surface area contributed by atoms with E-state index in [1.165, 1.54) is 11.2 Å². The average Bonchev–Trinajstić information content (AvgIpc) is 2.69. The monoisotopic (exact) mass is 445 g/mol. The molecule has 8 heteroatoms. The van der Waals surface area contributed by atoms with Crippen LogP contribution in [0.15, 0.2) is 24.3 Å². The third kappa shape index (κ3) is 3.67. The third-order valence-corrected chi connectivity index (χ3v) is 9.68. The Bertz CT molecular complexity index is 996. The van der Waals surface area contributed by atoms with Crippen LogP contribution in [-0.2, 0) is 9.84 Å². The summed E-state index contributed by atoms with van der Waals surface area (Å²) in [6, 6.07) is 7.01. The number of hydrogen-bond donors (Lipinski definition) is 1. The van der Waals surface area contributed by atoms with E-state index in [4.69, 9.17) is 14.9 Å². The first-order valence-corrected chi connectivity index (χ1v) is 12.7. The van der Waals surface area contributed by atoms with E-state index in [1.54, 1.807) is 45.2 Å². The quantitative estimate of drug-likeness (QED) is 0.311. The largest absolute Gasteiger partial charge is 0.497 e. The van der Waals surface area contributed by atoms with Crippen molar-refractivity contribution in [2.24, 2.45) is 17.8 Å². The zero-order chi connectivity index (χ0) is 22.6. The molecule has 2 unspecified atom stereocenters. The Balaban J connectivity index is 1.56. The maximum atomic E-state index is 12.6. The van der Waals surface area contributed by atoms with Gasteiger partial charge in [-0.3, -0.25) is 10.3 Å². The molecule has 4 aliphatic carbocycles. The SMILES string of the molecule is COc1ccc(OC(C)(C)C(=N)N(C#N)C2C3CC4CC2CC(S(C)(=O)=O)(C4)C3)cc1. The number of nitrogens with one attached hydrogen (secondary N) is 1. The Morgan fingerprint density at radius 2 is 1.71 bits per heavy atom. The summed E-state index contributed by atoms with van der Waals surface area (Å²) in [5.74, 6) is 2.04. The van der Waals surface area contributed by atoms with Crippen LogP contribution in [0.1, 0.15) is 46.0 Å². The van der Waals surface area contributed by atoms with Crippen molar-refractivity contribution in [3.63, 3.8) is 0 Å². The number of methoxy groups -OCH3 is 1. The normalized spacial score (nSPS) is 31.7. The maximum Gasteiger partial charge on any atom is 0.185 e. The lowest BCUT2D eigenvalue weighted by Gasteiger charge is -2.60. The second-order valence-electron chi connectivity index (χ2n) is 10.0. The molecule has 0 aliphatic heterocycles. The molecule has 1 N–H and O–H groups in total. The first-order valence-electron chi connectivity index (χ1n) is 10.8. The van der Waals surface area contributed by atoms with Crippen molar-refractivity contribution in [3.8, 4) is 17.7 Å². The molecule has 2 atom stereocenters. The molecule has 4 bridgehead atoms. The summed E-state index contributed by atoms with van der Waals surface area (Å²) in [6.45, 7) is 3.58. The number of nitriles is 1. The summed E-state index contributed by atoms with van der Waals surface area (Å²) in [5.41, 5.74) is -1.02. The second kappa shape index (κ2) is 7.40. The highest BCUT2D eigenvalue weighted by molar-refractivity contribution is 7.92. The highest BCUT2D eigenvalue weighted by Crippen LogP contribution is 2.59. The molecule has 0 amide bonds. The summed E-state index contributed by atoms with van der Waals surface area (Å²) in [4.78, 5) is 1.51. The fraction of sp³-hybridized carbons (Fsp3) is 0.652. The van der Waals surface area contributed by atoms with E-state index in [1.807, 2.05) is 0 Å². The molecule has 1 aromatic rings. The maximum absolute atomic E-state index is 12.6. The molecule has 0 aromatic heterocycles. The van der Waals surface area contributed by atoms with Gasteiger partial charge in [0.05, 0.1) is 17.9 Å². The van der Waals surface area contributed by atoms with Gasteiger partial charge in [0, 0.05) is 6.26 Å². The van der Waals surface area contributed by atoms with Crippen molar-refractivity contribution in [2.75, 3.05) is 13.4 Å². The van der Waals surface area contributed by atoms with Gasteiger partial charge in [-0.05, 0) is 88.0 Å². The number of rotatable bonds is 6. The molecule has 168 valence electrons. The van der Waals surface area contributed by atoms with Crippen LogP contribution in [0.25, 0.3) is 0 Å². The van der Waals surface area contributed by atoms with Gasteiger partial charge in [0.15, 0.2) is 27.5 Å². The number of benzene rings is 1. The van der Waals surface area contributed by atoms with Crippen molar-refractivity contribution in [3.05, 3.63) is 24.3 Å². The van der Waals surface area contributed by atoms with Crippen LogP contribution in [0.4, 0.5) is 0 Å². The minimum absolute atomic E-state index is 0.108. The van der Waals surface area contributed by atoms with Gasteiger partial charge in [-0.1, -0.05) is 0 Å². The van der Waals surface area contributed by atoms with Gasteiger partial charge in [-0.2, -0.15) is 5.26 Å². The molecule has 0 radical (unpaired) electrons. The lowest BCUT2D eigenvalue weighted by atomic mass is 9.53. The van der Waals surface area contributed by atoms with Crippen LogP contribution in [0.2, 0.25) is 0 Å². The molecule has 31 heavy (non-hydrogen) atoms. The molecule has 0 heterocycles. The van der Waals surface area contributed by atoms with Gasteiger partial charge < -0.3 is 9.47 Å². The van der Waals surface area contributed by atoms with Gasteiger partial charge >= 0.3 is 0 Å². The molecular weight excluding hydrogens is 414 g/mol. The summed E-state index contributed by atoms with van der Waals surface area (Å²) in [5, 5.41) is 18.9. The minimum atomic E-state index is -3.16. The molecule has 7 nitrogen and oxygen atoms in total. The van der Waals surface area contributed by atoms with Gasteiger partial charge in [0.2, 0.25) is 0 Å². The summed E-state index contributed by atoms with van der Waals surface area (Å²) in [6.07, 6.45) is 7.42. The molecule has 0 spiro atoms. The first-order chi connectivity index (χ1) is 14.5. The van der Waals surface area contributed by atoms with Crippen LogP contribution >= 0.6 is 0 Å². The van der Waals surface area contributed by atoms with Gasteiger partial charge in [-0.25, -0.2) is 8.42 Å². The predicted octanol–water partition coefficient (Wildman–Crippen LogP) is 3.60. The zero-order valence-corrected chi connectivity index (χ0v) is 19.4. The van der Waals surface area contributed by atoms with Crippen LogP contribution in [-0.4, -0.2) is 48.9 Å². The smallest absolute Gasteiger partial charge is 0.185 e. The number of amidine groups is 1. The lowest BCUT2D eigenvalue weighted by Crippen LogP contribution is -2.65. The summed E-state index contributed by atoms with van der Waals surface area (Å²) >= 11 is 0. The Morgan fingerprint density at radius 1 is 1.16 bits per heavy atom. The van der Waals surface area contributed by atoms with Crippen LogP contribution < -0.4 is 9.47 Å². The lowest BCUT2D eigenvalue weighted by molar-refractivity contribution is -0.0242. The molecule has 5 rings (SSSR count). The number of nitrogens with zero attached hydrogens (tertiary/aromatic N) is 2. The van der Waals surface area contributed by atoms with Crippen LogP contribution in [0, 0.1) is 34.6 Å². The third-order valence-electron chi connectivity index (χ3n) is 7.60. The number of ether oxygens (including phenoxy) is 2. The highest BCUT2D eigenvalue weighted by atomic mass is 32.2. The highest BCUT2D eigenvalue weighted by Gasteiger charge is 2.61. The van der Waals surface area contributed by atoms with Gasteiger partial charge in [0.1, 0.15) is 11.5 Å². The second-order valence-corrected chi connectivity index (χ2v) is 12.4. The van der Waals surface area contributed by atoms with Crippen molar-refractivity contribution in [2.45, 2.75) is 62.3 Å². The van der Waals surface area contributed by atoms with Gasteiger partial charge in [-0.15, -0.1) is 0 Å². The predicted molar refractivity (Wildman–Crippen MR) is 118 cm³/mol. The molecule has 0 saturated heterocycles. The van der Waals surface area contributed by atoms with E-state index in [0.29, 0.717) is 30.3 Å². The van der Waals surface area contributed by atoms with Crippen molar-refractivity contribution in [1.82, 2.24) is 4.90 Å². The van der Waals surface area contributed by atoms with Gasteiger partial charge in [0.25, 0.3) is 0 Å². The van der Waals surface area contributed by atoms with Crippen molar-refractivity contribution < 1.29 is 17.9 Å². The Kier molecular flexibility index (Phi) is 5.24. The average molecular weight is 446 g/mol. The fourth-order valence-electron chi connectivity index (χ4n) is 6.34. The first kappa shape index (κ1) is 21.9. The Labute approximate surface area is 184 Å². The van der Waals surface area contributed by atoms with E-state index >= 15 is 0 Å². The molecule has 4 fully saturated rings. The topological polar surface area (TPSA) is 103 Å².